The second kappa shape index (κ2) is 7.82. The summed E-state index contributed by atoms with van der Waals surface area (Å²) >= 11 is 6.11. The van der Waals surface area contributed by atoms with Gasteiger partial charge in [-0.1, -0.05) is 48.0 Å². The van der Waals surface area contributed by atoms with E-state index in [0.29, 0.717) is 39.7 Å². The summed E-state index contributed by atoms with van der Waals surface area (Å²) in [5.74, 6) is -0.146. The van der Waals surface area contributed by atoms with Gasteiger partial charge in [0.05, 0.1) is 6.42 Å². The molecule has 4 aromatic rings. The maximum Gasteiger partial charge on any atom is 0.251 e. The molecule has 0 spiro atoms. The molecule has 28 heavy (non-hydrogen) atoms. The number of aromatic nitrogens is 1. The molecule has 1 N–H and O–H groups in total. The smallest absolute Gasteiger partial charge is 0.251 e. The predicted octanol–water partition coefficient (Wildman–Crippen LogP) is 5.14. The summed E-state index contributed by atoms with van der Waals surface area (Å²) in [6.07, 6.45) is 0.245. The van der Waals surface area contributed by atoms with Gasteiger partial charge >= 0.3 is 0 Å². The van der Waals surface area contributed by atoms with Crippen molar-refractivity contribution in [1.82, 2.24) is 10.3 Å². The fourth-order valence-corrected chi connectivity index (χ4v) is 3.12. The van der Waals surface area contributed by atoms with Gasteiger partial charge < -0.3 is 9.73 Å². The average molecular weight is 395 g/mol. The second-order valence-electron chi connectivity index (χ2n) is 6.33. The number of hydrogen-bond acceptors (Lipinski definition) is 3. The van der Waals surface area contributed by atoms with E-state index in [2.05, 4.69) is 10.3 Å². The summed E-state index contributed by atoms with van der Waals surface area (Å²) in [6.45, 7) is 0.325. The Kier molecular flexibility index (Phi) is 5.08. The van der Waals surface area contributed by atoms with Crippen LogP contribution in [0.3, 0.4) is 0 Å². The van der Waals surface area contributed by atoms with Gasteiger partial charge in [-0.25, -0.2) is 9.37 Å². The second-order valence-corrected chi connectivity index (χ2v) is 6.74. The molecular weight excluding hydrogens is 379 g/mol. The summed E-state index contributed by atoms with van der Waals surface area (Å²) < 4.78 is 19.5. The van der Waals surface area contributed by atoms with Gasteiger partial charge in [-0.05, 0) is 41.5 Å². The highest BCUT2D eigenvalue weighted by atomic mass is 35.5. The molecule has 1 amide bonds. The lowest BCUT2D eigenvalue weighted by Gasteiger charge is -2.06. The van der Waals surface area contributed by atoms with Crippen LogP contribution in [0.5, 0.6) is 0 Å². The maximum absolute atomic E-state index is 13.8. The van der Waals surface area contributed by atoms with Crippen LogP contribution in [-0.2, 0) is 13.0 Å². The number of fused-ring (bicyclic) bond motifs is 1. The Morgan fingerprint density at radius 3 is 2.57 bits per heavy atom. The molecule has 0 radical (unpaired) electrons. The van der Waals surface area contributed by atoms with E-state index in [-0.39, 0.29) is 18.1 Å². The molecule has 0 aliphatic carbocycles. The van der Waals surface area contributed by atoms with Crippen molar-refractivity contribution < 1.29 is 13.6 Å². The van der Waals surface area contributed by atoms with E-state index in [9.17, 15) is 9.18 Å². The first-order chi connectivity index (χ1) is 13.6. The number of nitrogens with zero attached hydrogens (tertiary/aromatic N) is 1. The highest BCUT2D eigenvalue weighted by molar-refractivity contribution is 6.31. The zero-order valence-electron chi connectivity index (χ0n) is 14.8. The van der Waals surface area contributed by atoms with Crippen LogP contribution in [0.15, 0.2) is 71.1 Å². The largest absolute Gasteiger partial charge is 0.440 e. The number of hydrogen-bond donors (Lipinski definition) is 1. The first kappa shape index (κ1) is 18.2. The van der Waals surface area contributed by atoms with E-state index in [1.807, 2.05) is 18.2 Å². The number of rotatable bonds is 5. The minimum atomic E-state index is -0.301. The SMILES string of the molecule is O=C(NCc1ccccc1Cl)c1ccc2nc(Cc3ccccc3F)oc2c1. The van der Waals surface area contributed by atoms with E-state index in [1.165, 1.54) is 6.07 Å². The van der Waals surface area contributed by atoms with E-state index in [1.54, 1.807) is 42.5 Å². The molecular formula is C22H16ClFN2O2. The highest BCUT2D eigenvalue weighted by Gasteiger charge is 2.13. The predicted molar refractivity (Wildman–Crippen MR) is 106 cm³/mol. The van der Waals surface area contributed by atoms with Crippen LogP contribution in [-0.4, -0.2) is 10.9 Å². The fraction of sp³-hybridized carbons (Fsp3) is 0.0909. The number of nitrogens with one attached hydrogen (secondary N) is 1. The van der Waals surface area contributed by atoms with Gasteiger partial charge in [0.15, 0.2) is 11.5 Å². The standard InChI is InChI=1S/C22H16ClFN2O2/c23-17-7-3-1-6-16(17)13-25-22(27)15-9-10-19-20(11-15)28-21(26-19)12-14-5-2-4-8-18(14)24/h1-11H,12-13H2,(H,25,27). The van der Waals surface area contributed by atoms with E-state index in [0.717, 1.165) is 5.56 Å². The van der Waals surface area contributed by atoms with Crippen LogP contribution in [0.4, 0.5) is 4.39 Å². The Morgan fingerprint density at radius 1 is 1.04 bits per heavy atom. The highest BCUT2D eigenvalue weighted by Crippen LogP contribution is 2.21. The summed E-state index contributed by atoms with van der Waals surface area (Å²) in [5.41, 5.74) is 2.90. The van der Waals surface area contributed by atoms with Crippen molar-refractivity contribution in [2.24, 2.45) is 0 Å². The lowest BCUT2D eigenvalue weighted by Crippen LogP contribution is -2.22. The molecule has 4 nitrogen and oxygen atoms in total. The number of benzene rings is 3. The molecule has 0 aliphatic heterocycles. The van der Waals surface area contributed by atoms with Gasteiger partial charge in [0.1, 0.15) is 11.3 Å². The summed E-state index contributed by atoms with van der Waals surface area (Å²) in [4.78, 5) is 16.8. The molecule has 3 aromatic carbocycles. The molecule has 0 unspecified atom stereocenters. The van der Waals surface area contributed by atoms with Gasteiger partial charge in [-0.3, -0.25) is 4.79 Å². The van der Waals surface area contributed by atoms with Crippen molar-refractivity contribution in [3.63, 3.8) is 0 Å². The van der Waals surface area contributed by atoms with Crippen LogP contribution in [0, 0.1) is 5.82 Å². The minimum Gasteiger partial charge on any atom is -0.440 e. The van der Waals surface area contributed by atoms with Crippen molar-refractivity contribution in [3.8, 4) is 0 Å². The third-order valence-corrected chi connectivity index (χ3v) is 4.76. The Balaban J connectivity index is 1.50. The average Bonchev–Trinajstić information content (AvgIpc) is 3.10. The first-order valence-corrected chi connectivity index (χ1v) is 9.12. The Bertz CT molecular complexity index is 1160. The van der Waals surface area contributed by atoms with Crippen LogP contribution in [0.1, 0.15) is 27.4 Å². The number of amides is 1. The first-order valence-electron chi connectivity index (χ1n) is 8.74. The normalized spacial score (nSPS) is 10.9. The molecule has 0 fully saturated rings. The van der Waals surface area contributed by atoms with Gasteiger partial charge in [-0.15, -0.1) is 0 Å². The Hall–Kier alpha value is -3.18. The van der Waals surface area contributed by atoms with Gasteiger partial charge in [-0.2, -0.15) is 0 Å². The van der Waals surface area contributed by atoms with Crippen LogP contribution < -0.4 is 5.32 Å². The quantitative estimate of drug-likeness (QED) is 0.510. The maximum atomic E-state index is 13.8. The molecule has 0 aliphatic rings. The van der Waals surface area contributed by atoms with Crippen LogP contribution >= 0.6 is 11.6 Å². The van der Waals surface area contributed by atoms with Crippen molar-refractivity contribution in [2.45, 2.75) is 13.0 Å². The number of oxazole rings is 1. The molecule has 140 valence electrons. The molecule has 1 heterocycles. The molecule has 0 saturated heterocycles. The van der Waals surface area contributed by atoms with Gasteiger partial charge in [0.25, 0.3) is 5.91 Å². The molecule has 1 aromatic heterocycles. The topological polar surface area (TPSA) is 55.1 Å². The van der Waals surface area contributed by atoms with Crippen molar-refractivity contribution >= 4 is 28.6 Å². The summed E-state index contributed by atoms with van der Waals surface area (Å²) in [7, 11) is 0. The monoisotopic (exact) mass is 394 g/mol. The number of halogens is 2. The number of carbonyl (C=O) groups is 1. The lowest BCUT2D eigenvalue weighted by atomic mass is 10.1. The lowest BCUT2D eigenvalue weighted by molar-refractivity contribution is 0.0951. The van der Waals surface area contributed by atoms with Crippen molar-refractivity contribution in [2.75, 3.05) is 0 Å². The zero-order valence-corrected chi connectivity index (χ0v) is 15.5. The van der Waals surface area contributed by atoms with Crippen LogP contribution in [0.25, 0.3) is 11.1 Å². The van der Waals surface area contributed by atoms with Crippen molar-refractivity contribution in [1.29, 1.82) is 0 Å². The molecule has 6 heteroatoms. The molecule has 0 atom stereocenters. The fourth-order valence-electron chi connectivity index (χ4n) is 2.91. The summed E-state index contributed by atoms with van der Waals surface area (Å²) in [5, 5.41) is 3.44. The van der Waals surface area contributed by atoms with E-state index < -0.39 is 0 Å². The molecule has 0 saturated carbocycles. The van der Waals surface area contributed by atoms with E-state index in [4.69, 9.17) is 16.0 Å². The summed E-state index contributed by atoms with van der Waals surface area (Å²) in [6, 6.07) is 18.9. The third-order valence-electron chi connectivity index (χ3n) is 4.39. The van der Waals surface area contributed by atoms with Gasteiger partial charge in [0.2, 0.25) is 0 Å². The van der Waals surface area contributed by atoms with Gasteiger partial charge in [0, 0.05) is 17.1 Å². The zero-order chi connectivity index (χ0) is 19.5. The minimum absolute atomic E-state index is 0.242. The Labute approximate surface area is 166 Å². The van der Waals surface area contributed by atoms with Crippen LogP contribution in [0.2, 0.25) is 5.02 Å². The molecule has 0 bridgehead atoms. The Morgan fingerprint density at radius 2 is 1.79 bits per heavy atom. The van der Waals surface area contributed by atoms with Crippen molar-refractivity contribution in [3.05, 3.63) is 100 Å². The van der Waals surface area contributed by atoms with E-state index >= 15 is 0 Å². The molecule has 4 rings (SSSR count). The number of carbonyl (C=O) groups excluding carboxylic acids is 1. The third kappa shape index (κ3) is 3.89.